The Kier molecular flexibility index (Phi) is 4.39. The molecule has 0 saturated carbocycles. The van der Waals surface area contributed by atoms with Crippen LogP contribution in [0, 0.1) is 0 Å². The minimum absolute atomic E-state index is 0.196. The van der Waals surface area contributed by atoms with E-state index in [1.807, 2.05) is 0 Å². The van der Waals surface area contributed by atoms with Crippen molar-refractivity contribution >= 4 is 17.6 Å². The fraction of sp³-hybridized carbons (Fsp3) is 0.462. The summed E-state index contributed by atoms with van der Waals surface area (Å²) in [5.41, 5.74) is 0.291. The molecule has 1 heterocycles. The predicted octanol–water partition coefficient (Wildman–Crippen LogP) is 2.52. The molecule has 0 bridgehead atoms. The molecule has 0 aliphatic carbocycles. The normalized spacial score (nSPS) is 26.4. The second-order valence-electron chi connectivity index (χ2n) is 4.40. The van der Waals surface area contributed by atoms with E-state index in [1.54, 1.807) is 25.2 Å². The molecule has 2 rings (SSSR count). The van der Waals surface area contributed by atoms with E-state index in [-0.39, 0.29) is 12.6 Å². The maximum atomic E-state index is 14.1. The van der Waals surface area contributed by atoms with Crippen LogP contribution in [0.4, 0.5) is 4.39 Å². The molecule has 0 spiro atoms. The van der Waals surface area contributed by atoms with Gasteiger partial charge in [0, 0.05) is 11.4 Å². The third-order valence-corrected chi connectivity index (χ3v) is 3.17. The molecule has 104 valence electrons. The Hall–Kier alpha value is -1.17. The summed E-state index contributed by atoms with van der Waals surface area (Å²) < 4.78 is 24.2. The zero-order valence-electron chi connectivity index (χ0n) is 10.5. The number of rotatable bonds is 4. The highest BCUT2D eigenvalue weighted by atomic mass is 35.5. The summed E-state index contributed by atoms with van der Waals surface area (Å²) >= 11 is 5.77. The molecule has 1 fully saturated rings. The Morgan fingerprint density at radius 1 is 1.68 bits per heavy atom. The van der Waals surface area contributed by atoms with Gasteiger partial charge in [0.25, 0.3) is 0 Å². The third kappa shape index (κ3) is 3.65. The van der Waals surface area contributed by atoms with Gasteiger partial charge >= 0.3 is 5.97 Å². The lowest BCUT2D eigenvalue weighted by Crippen LogP contribution is -2.34. The predicted molar refractivity (Wildman–Crippen MR) is 68.7 cm³/mol. The van der Waals surface area contributed by atoms with Crippen LogP contribution < -0.4 is 5.32 Å². The van der Waals surface area contributed by atoms with Crippen molar-refractivity contribution in [2.45, 2.75) is 24.9 Å². The van der Waals surface area contributed by atoms with Gasteiger partial charge in [-0.25, -0.2) is 9.18 Å². The number of nitrogens with one attached hydrogen (secondary N) is 1. The van der Waals surface area contributed by atoms with Gasteiger partial charge in [-0.3, -0.25) is 5.32 Å². The fourth-order valence-electron chi connectivity index (χ4n) is 1.90. The van der Waals surface area contributed by atoms with Crippen molar-refractivity contribution in [3.63, 3.8) is 0 Å². The number of hydrogen-bond donors (Lipinski definition) is 1. The highest BCUT2D eigenvalue weighted by Crippen LogP contribution is 2.31. The van der Waals surface area contributed by atoms with Gasteiger partial charge in [-0.15, -0.1) is 0 Å². The molecule has 1 aromatic rings. The Labute approximate surface area is 115 Å². The fourth-order valence-corrected chi connectivity index (χ4v) is 2.09. The van der Waals surface area contributed by atoms with Crippen molar-refractivity contribution in [2.75, 3.05) is 13.7 Å². The Balaban J connectivity index is 1.90. The topological polar surface area (TPSA) is 47.6 Å². The highest BCUT2D eigenvalue weighted by molar-refractivity contribution is 6.30. The second kappa shape index (κ2) is 5.86. The summed E-state index contributed by atoms with van der Waals surface area (Å²) in [5.74, 6) is -2.53. The van der Waals surface area contributed by atoms with Crippen LogP contribution in [-0.2, 0) is 9.47 Å². The number of esters is 1. The van der Waals surface area contributed by atoms with Gasteiger partial charge in [0.05, 0.1) is 5.56 Å². The van der Waals surface area contributed by atoms with Crippen LogP contribution in [0.5, 0.6) is 0 Å². The van der Waals surface area contributed by atoms with Crippen LogP contribution in [0.3, 0.4) is 0 Å². The molecule has 6 heteroatoms. The monoisotopic (exact) mass is 287 g/mol. The molecule has 1 aromatic carbocycles. The summed E-state index contributed by atoms with van der Waals surface area (Å²) in [6.07, 6.45) is 0.401. The summed E-state index contributed by atoms with van der Waals surface area (Å²) in [7, 11) is 1.69. The number of benzene rings is 1. The average Bonchev–Trinajstić information content (AvgIpc) is 2.78. The lowest BCUT2D eigenvalue weighted by Gasteiger charge is -2.20. The van der Waals surface area contributed by atoms with Gasteiger partial charge in [-0.1, -0.05) is 17.7 Å². The van der Waals surface area contributed by atoms with Crippen LogP contribution in [-0.4, -0.2) is 31.7 Å². The first-order valence-corrected chi connectivity index (χ1v) is 6.37. The minimum atomic E-state index is -1.91. The minimum Gasteiger partial charge on any atom is -0.456 e. The van der Waals surface area contributed by atoms with E-state index >= 15 is 0 Å². The number of hydrogen-bond acceptors (Lipinski definition) is 4. The molecule has 0 aromatic heterocycles. The largest absolute Gasteiger partial charge is 0.456 e. The smallest absolute Gasteiger partial charge is 0.338 e. The van der Waals surface area contributed by atoms with Crippen LogP contribution in [0.15, 0.2) is 24.3 Å². The van der Waals surface area contributed by atoms with Gasteiger partial charge in [-0.2, -0.15) is 0 Å². The first-order chi connectivity index (χ1) is 9.02. The van der Waals surface area contributed by atoms with Crippen molar-refractivity contribution in [3.8, 4) is 0 Å². The van der Waals surface area contributed by atoms with Gasteiger partial charge in [0.1, 0.15) is 6.23 Å². The maximum Gasteiger partial charge on any atom is 0.338 e. The molecule has 1 aliphatic heterocycles. The second-order valence-corrected chi connectivity index (χ2v) is 4.84. The molecule has 19 heavy (non-hydrogen) atoms. The standard InChI is InChI=1S/C13H15ClFNO3/c1-16-11-5-6-13(15,19-11)8-18-12(17)9-3-2-4-10(14)7-9/h2-4,7,11,16H,5-6,8H2,1H3. The number of ether oxygens (including phenoxy) is 2. The number of alkyl halides is 1. The first kappa shape index (κ1) is 14.2. The molecule has 0 radical (unpaired) electrons. The van der Waals surface area contributed by atoms with E-state index in [4.69, 9.17) is 21.1 Å². The average molecular weight is 288 g/mol. The van der Waals surface area contributed by atoms with Crippen molar-refractivity contribution in [2.24, 2.45) is 0 Å². The summed E-state index contributed by atoms with van der Waals surface area (Å²) in [4.78, 5) is 11.7. The summed E-state index contributed by atoms with van der Waals surface area (Å²) in [5, 5.41) is 3.25. The quantitative estimate of drug-likeness (QED) is 0.865. The van der Waals surface area contributed by atoms with Crippen molar-refractivity contribution in [1.29, 1.82) is 0 Å². The molecule has 1 saturated heterocycles. The molecule has 0 amide bonds. The van der Waals surface area contributed by atoms with E-state index < -0.39 is 18.4 Å². The van der Waals surface area contributed by atoms with Crippen LogP contribution in [0.2, 0.25) is 5.02 Å². The van der Waals surface area contributed by atoms with Crippen LogP contribution in [0.25, 0.3) is 0 Å². The Morgan fingerprint density at radius 2 is 2.47 bits per heavy atom. The van der Waals surface area contributed by atoms with Crippen LogP contribution >= 0.6 is 11.6 Å². The summed E-state index contributed by atoms with van der Waals surface area (Å²) in [6.45, 7) is -0.420. The van der Waals surface area contributed by atoms with Crippen molar-refractivity contribution in [1.82, 2.24) is 5.32 Å². The highest BCUT2D eigenvalue weighted by Gasteiger charge is 2.41. The Morgan fingerprint density at radius 3 is 3.11 bits per heavy atom. The molecular weight excluding hydrogens is 273 g/mol. The van der Waals surface area contributed by atoms with Crippen LogP contribution in [0.1, 0.15) is 23.2 Å². The number of carbonyl (C=O) groups excluding carboxylic acids is 1. The third-order valence-electron chi connectivity index (χ3n) is 2.93. The lowest BCUT2D eigenvalue weighted by atomic mass is 10.2. The Bertz CT molecular complexity index is 471. The molecule has 1 N–H and O–H groups in total. The number of carbonyl (C=O) groups is 1. The van der Waals surface area contributed by atoms with Crippen molar-refractivity contribution in [3.05, 3.63) is 34.9 Å². The van der Waals surface area contributed by atoms with E-state index in [9.17, 15) is 9.18 Å². The molecular formula is C13H15ClFNO3. The number of halogens is 2. The zero-order chi connectivity index (χ0) is 13.9. The zero-order valence-corrected chi connectivity index (χ0v) is 11.2. The summed E-state index contributed by atoms with van der Waals surface area (Å²) in [6, 6.07) is 6.31. The molecule has 1 aliphatic rings. The SMILES string of the molecule is CNC1CCC(F)(COC(=O)c2cccc(Cl)c2)O1. The van der Waals surface area contributed by atoms with Gasteiger partial charge in [0.15, 0.2) is 6.61 Å². The van der Waals surface area contributed by atoms with E-state index in [0.29, 0.717) is 17.0 Å². The van der Waals surface area contributed by atoms with E-state index in [0.717, 1.165) is 0 Å². The first-order valence-electron chi connectivity index (χ1n) is 5.99. The van der Waals surface area contributed by atoms with Crippen molar-refractivity contribution < 1.29 is 18.7 Å². The lowest BCUT2D eigenvalue weighted by molar-refractivity contribution is -0.165. The van der Waals surface area contributed by atoms with E-state index in [2.05, 4.69) is 5.32 Å². The molecule has 2 atom stereocenters. The molecule has 4 nitrogen and oxygen atoms in total. The van der Waals surface area contributed by atoms with Gasteiger partial charge in [-0.05, 0) is 31.7 Å². The van der Waals surface area contributed by atoms with Gasteiger partial charge < -0.3 is 9.47 Å². The maximum absolute atomic E-state index is 14.1. The van der Waals surface area contributed by atoms with E-state index in [1.165, 1.54) is 6.07 Å². The van der Waals surface area contributed by atoms with Gasteiger partial charge in [0.2, 0.25) is 5.85 Å². The molecule has 2 unspecified atom stereocenters.